The summed E-state index contributed by atoms with van der Waals surface area (Å²) in [7, 11) is -3.57. The Kier molecular flexibility index (Phi) is 11.1. The molecule has 0 spiro atoms. The highest BCUT2D eigenvalue weighted by Crippen LogP contribution is 2.28. The molecule has 0 unspecified atom stereocenters. The fourth-order valence-corrected chi connectivity index (χ4v) is 5.35. The Labute approximate surface area is 224 Å². The monoisotopic (exact) mass is 555 g/mol. The lowest BCUT2D eigenvalue weighted by Gasteiger charge is -2.30. The summed E-state index contributed by atoms with van der Waals surface area (Å²) in [6, 6.07) is 9.81. The molecule has 0 aromatic heterocycles. The van der Waals surface area contributed by atoms with E-state index in [1.807, 2.05) is 32.9 Å². The highest BCUT2D eigenvalue weighted by Gasteiger charge is 2.28. The molecule has 1 N–H and O–H groups in total. The van der Waals surface area contributed by atoms with Crippen molar-refractivity contribution in [2.24, 2.45) is 0 Å². The minimum absolute atomic E-state index is 0.0460. The molecule has 0 aliphatic rings. The van der Waals surface area contributed by atoms with Gasteiger partial charge in [-0.2, -0.15) is 0 Å². The summed E-state index contributed by atoms with van der Waals surface area (Å²) in [5, 5.41) is 3.63. The van der Waals surface area contributed by atoms with Crippen molar-refractivity contribution in [2.75, 3.05) is 23.7 Å². The van der Waals surface area contributed by atoms with Gasteiger partial charge in [0.1, 0.15) is 6.04 Å². The van der Waals surface area contributed by atoms with E-state index in [1.165, 1.54) is 9.21 Å². The van der Waals surface area contributed by atoms with Crippen molar-refractivity contribution in [1.29, 1.82) is 0 Å². The second-order valence-corrected chi connectivity index (χ2v) is 11.6. The third-order valence-electron chi connectivity index (χ3n) is 6.10. The molecule has 7 nitrogen and oxygen atoms in total. The van der Waals surface area contributed by atoms with Crippen LogP contribution in [-0.4, -0.2) is 50.5 Å². The van der Waals surface area contributed by atoms with Crippen molar-refractivity contribution in [1.82, 2.24) is 10.2 Å². The van der Waals surface area contributed by atoms with Gasteiger partial charge in [-0.05, 0) is 62.9 Å². The van der Waals surface area contributed by atoms with E-state index in [4.69, 9.17) is 23.2 Å². The van der Waals surface area contributed by atoms with E-state index in [-0.39, 0.29) is 37.7 Å². The van der Waals surface area contributed by atoms with E-state index in [9.17, 15) is 18.0 Å². The van der Waals surface area contributed by atoms with Crippen molar-refractivity contribution in [3.05, 3.63) is 63.1 Å². The number of anilines is 1. The maximum absolute atomic E-state index is 13.4. The molecule has 36 heavy (non-hydrogen) atoms. The lowest BCUT2D eigenvalue weighted by molar-refractivity contribution is -0.140. The van der Waals surface area contributed by atoms with Crippen LogP contribution in [0.3, 0.4) is 0 Å². The summed E-state index contributed by atoms with van der Waals surface area (Å²) in [6.07, 6.45) is 2.24. The molecule has 2 aromatic rings. The number of sulfonamides is 1. The third kappa shape index (κ3) is 7.85. The van der Waals surface area contributed by atoms with Gasteiger partial charge >= 0.3 is 0 Å². The van der Waals surface area contributed by atoms with E-state index in [0.29, 0.717) is 27.8 Å². The average molecular weight is 557 g/mol. The van der Waals surface area contributed by atoms with Crippen molar-refractivity contribution >= 4 is 50.7 Å². The quantitative estimate of drug-likeness (QED) is 0.394. The van der Waals surface area contributed by atoms with E-state index < -0.39 is 16.1 Å². The van der Waals surface area contributed by atoms with E-state index >= 15 is 0 Å². The fourth-order valence-electron chi connectivity index (χ4n) is 3.82. The fraction of sp³-hybridized carbons (Fsp3) is 0.462. The zero-order valence-electron chi connectivity index (χ0n) is 21.5. The first-order chi connectivity index (χ1) is 16.9. The number of carbonyl (C=O) groups excluding carboxylic acids is 2. The van der Waals surface area contributed by atoms with E-state index in [1.54, 1.807) is 31.2 Å². The van der Waals surface area contributed by atoms with Gasteiger partial charge in [0.05, 0.1) is 11.9 Å². The molecule has 2 aromatic carbocycles. The van der Waals surface area contributed by atoms with Crippen LogP contribution in [0.15, 0.2) is 36.4 Å². The van der Waals surface area contributed by atoms with Gasteiger partial charge in [-0.3, -0.25) is 13.9 Å². The smallest absolute Gasteiger partial charge is 0.242 e. The van der Waals surface area contributed by atoms with Crippen molar-refractivity contribution in [3.63, 3.8) is 0 Å². The number of carbonyl (C=O) groups is 2. The average Bonchev–Trinajstić information content (AvgIpc) is 2.81. The Bertz CT molecular complexity index is 1170. The summed E-state index contributed by atoms with van der Waals surface area (Å²) in [5.41, 5.74) is 2.99. The Morgan fingerprint density at radius 1 is 1.06 bits per heavy atom. The highest BCUT2D eigenvalue weighted by atomic mass is 35.5. The normalized spacial score (nSPS) is 12.2. The number of halogens is 2. The van der Waals surface area contributed by atoms with Crippen LogP contribution in [0.4, 0.5) is 5.69 Å². The number of hydrogen-bond acceptors (Lipinski definition) is 4. The van der Waals surface area contributed by atoms with Crippen LogP contribution in [0.2, 0.25) is 10.0 Å². The topological polar surface area (TPSA) is 86.8 Å². The van der Waals surface area contributed by atoms with Crippen molar-refractivity contribution in [2.45, 2.75) is 59.5 Å². The van der Waals surface area contributed by atoms with Gasteiger partial charge in [0.25, 0.3) is 0 Å². The zero-order valence-corrected chi connectivity index (χ0v) is 23.8. The summed E-state index contributed by atoms with van der Waals surface area (Å²) in [5.74, 6) is -0.568. The summed E-state index contributed by atoms with van der Waals surface area (Å²) in [6.45, 7) is 8.09. The van der Waals surface area contributed by atoms with Crippen LogP contribution in [0, 0.1) is 13.8 Å². The number of nitrogens with one attached hydrogen (secondary N) is 1. The maximum atomic E-state index is 13.4. The third-order valence-corrected chi connectivity index (χ3v) is 7.99. The minimum atomic E-state index is -3.57. The van der Waals surface area contributed by atoms with Gasteiger partial charge in [0.2, 0.25) is 21.8 Å². The molecule has 198 valence electrons. The summed E-state index contributed by atoms with van der Waals surface area (Å²) < 4.78 is 26.5. The summed E-state index contributed by atoms with van der Waals surface area (Å²) >= 11 is 12.7. The number of nitrogens with zero attached hydrogens (tertiary/aromatic N) is 2. The number of benzene rings is 2. The molecular formula is C26H35Cl2N3O4S. The molecule has 10 heteroatoms. The van der Waals surface area contributed by atoms with Crippen LogP contribution < -0.4 is 9.62 Å². The number of amides is 2. The van der Waals surface area contributed by atoms with Gasteiger partial charge in [0, 0.05) is 41.7 Å². The standard InChI is InChI=1S/C26H35Cl2N3O4S/c1-6-15-29-26(33)20(4)30(17-21-22(27)11-8-12-23(21)28)25(32)14-9-16-31(36(5,34)35)24-13-7-10-18(2)19(24)3/h7-8,10-13,20H,6,9,14-17H2,1-5H3,(H,29,33)/t20-/m0/s1. The molecule has 1 atom stereocenters. The number of aryl methyl sites for hydroxylation is 1. The lowest BCUT2D eigenvalue weighted by atomic mass is 10.1. The molecular weight excluding hydrogens is 521 g/mol. The predicted octanol–water partition coefficient (Wildman–Crippen LogP) is 5.10. The molecule has 0 saturated heterocycles. The molecule has 0 saturated carbocycles. The molecule has 0 heterocycles. The van der Waals surface area contributed by atoms with Crippen molar-refractivity contribution in [3.8, 4) is 0 Å². The Hall–Kier alpha value is -2.29. The molecule has 0 aliphatic heterocycles. The van der Waals surface area contributed by atoms with Gasteiger partial charge in [-0.25, -0.2) is 8.42 Å². The first-order valence-electron chi connectivity index (χ1n) is 11.9. The predicted molar refractivity (Wildman–Crippen MR) is 147 cm³/mol. The zero-order chi connectivity index (χ0) is 27.0. The second-order valence-electron chi connectivity index (χ2n) is 8.85. The molecule has 2 rings (SSSR count). The van der Waals surface area contributed by atoms with Gasteiger partial charge in [-0.15, -0.1) is 0 Å². The molecule has 0 fully saturated rings. The number of hydrogen-bond donors (Lipinski definition) is 1. The Morgan fingerprint density at radius 2 is 1.67 bits per heavy atom. The van der Waals surface area contributed by atoms with Crippen LogP contribution in [0.5, 0.6) is 0 Å². The minimum Gasteiger partial charge on any atom is -0.354 e. The van der Waals surface area contributed by atoms with Crippen LogP contribution >= 0.6 is 23.2 Å². The van der Waals surface area contributed by atoms with Crippen LogP contribution in [0.1, 0.15) is 49.8 Å². The van der Waals surface area contributed by atoms with Crippen LogP contribution in [0.25, 0.3) is 0 Å². The van der Waals surface area contributed by atoms with E-state index in [2.05, 4.69) is 5.32 Å². The van der Waals surface area contributed by atoms with Gasteiger partial charge in [-0.1, -0.05) is 48.3 Å². The Balaban J connectivity index is 2.24. The molecule has 0 bridgehead atoms. The molecule has 0 radical (unpaired) electrons. The van der Waals surface area contributed by atoms with Gasteiger partial charge < -0.3 is 10.2 Å². The SMILES string of the molecule is CCCNC(=O)[C@H](C)N(Cc1c(Cl)cccc1Cl)C(=O)CCCN(c1cccc(C)c1C)S(C)(=O)=O. The molecule has 0 aliphatic carbocycles. The molecule has 2 amide bonds. The van der Waals surface area contributed by atoms with Crippen LogP contribution in [-0.2, 0) is 26.2 Å². The summed E-state index contributed by atoms with van der Waals surface area (Å²) in [4.78, 5) is 27.5. The lowest BCUT2D eigenvalue weighted by Crippen LogP contribution is -2.48. The first-order valence-corrected chi connectivity index (χ1v) is 14.5. The Morgan fingerprint density at radius 3 is 2.25 bits per heavy atom. The highest BCUT2D eigenvalue weighted by molar-refractivity contribution is 7.92. The van der Waals surface area contributed by atoms with Gasteiger partial charge in [0.15, 0.2) is 0 Å². The largest absolute Gasteiger partial charge is 0.354 e. The number of rotatable bonds is 12. The second kappa shape index (κ2) is 13.3. The first kappa shape index (κ1) is 29.9. The van der Waals surface area contributed by atoms with Crippen molar-refractivity contribution < 1.29 is 18.0 Å². The van der Waals surface area contributed by atoms with E-state index in [0.717, 1.165) is 23.8 Å². The maximum Gasteiger partial charge on any atom is 0.242 e.